The minimum Gasteiger partial charge on any atom is -0.347 e. The molecule has 148 valence electrons. The molecule has 2 heterocycles. The number of benzene rings is 2. The second-order valence-electron chi connectivity index (χ2n) is 7.19. The summed E-state index contributed by atoms with van der Waals surface area (Å²) in [4.78, 5) is 26.4. The zero-order chi connectivity index (χ0) is 20.1. The number of aromatic nitrogens is 3. The molecule has 3 aromatic rings. The van der Waals surface area contributed by atoms with Gasteiger partial charge in [-0.15, -0.1) is 5.10 Å². The van der Waals surface area contributed by atoms with Gasteiger partial charge in [0.15, 0.2) is 5.69 Å². The quantitative estimate of drug-likeness (QED) is 0.672. The van der Waals surface area contributed by atoms with E-state index in [1.165, 1.54) is 5.56 Å². The molecule has 0 unspecified atom stereocenters. The lowest BCUT2D eigenvalue weighted by Gasteiger charge is -2.39. The molecule has 0 spiro atoms. The van der Waals surface area contributed by atoms with Gasteiger partial charge in [-0.2, -0.15) is 0 Å². The van der Waals surface area contributed by atoms with Crippen LogP contribution < -0.4 is 5.32 Å². The number of carbonyl (C=O) groups is 2. The predicted molar refractivity (Wildman–Crippen MR) is 108 cm³/mol. The van der Waals surface area contributed by atoms with Gasteiger partial charge < -0.3 is 10.2 Å². The Balaban J connectivity index is 1.23. The molecule has 1 N–H and O–H groups in total. The predicted octanol–water partition coefficient (Wildman–Crippen LogP) is 2.22. The fourth-order valence-electron chi connectivity index (χ4n) is 3.31. The molecule has 1 aliphatic heterocycles. The first-order valence-corrected chi connectivity index (χ1v) is 9.75. The monoisotopic (exact) mass is 389 g/mol. The van der Waals surface area contributed by atoms with Crippen molar-refractivity contribution in [2.75, 3.05) is 13.1 Å². The molecule has 1 fully saturated rings. The van der Waals surface area contributed by atoms with Gasteiger partial charge in [0.2, 0.25) is 5.91 Å². The Hall–Kier alpha value is -3.48. The van der Waals surface area contributed by atoms with Gasteiger partial charge in [-0.05, 0) is 17.5 Å². The van der Waals surface area contributed by atoms with E-state index in [0.29, 0.717) is 26.1 Å². The van der Waals surface area contributed by atoms with Crippen LogP contribution in [0.4, 0.5) is 0 Å². The third-order valence-corrected chi connectivity index (χ3v) is 5.10. The topological polar surface area (TPSA) is 80.1 Å². The molecule has 7 nitrogen and oxygen atoms in total. The van der Waals surface area contributed by atoms with Crippen molar-refractivity contribution in [1.29, 1.82) is 0 Å². The van der Waals surface area contributed by atoms with Crippen molar-refractivity contribution in [3.8, 4) is 0 Å². The van der Waals surface area contributed by atoms with E-state index in [9.17, 15) is 9.59 Å². The average molecular weight is 389 g/mol. The van der Waals surface area contributed by atoms with Crippen molar-refractivity contribution in [1.82, 2.24) is 25.2 Å². The molecule has 2 aromatic carbocycles. The number of amides is 2. The molecule has 1 aliphatic rings. The maximum atomic E-state index is 12.3. The van der Waals surface area contributed by atoms with Crippen LogP contribution in [0, 0.1) is 0 Å². The van der Waals surface area contributed by atoms with Crippen LogP contribution in [0.1, 0.15) is 34.1 Å². The highest BCUT2D eigenvalue weighted by Gasteiger charge is 2.32. The van der Waals surface area contributed by atoms with Crippen LogP contribution in [-0.4, -0.2) is 44.8 Å². The summed E-state index contributed by atoms with van der Waals surface area (Å²) in [7, 11) is 0. The van der Waals surface area contributed by atoms with Crippen LogP contribution in [0.5, 0.6) is 0 Å². The summed E-state index contributed by atoms with van der Waals surface area (Å²) in [5, 5.41) is 10.9. The number of aryl methyl sites for hydroxylation is 1. The summed E-state index contributed by atoms with van der Waals surface area (Å²) >= 11 is 0. The Morgan fingerprint density at radius 2 is 1.62 bits per heavy atom. The summed E-state index contributed by atoms with van der Waals surface area (Å²) in [5.41, 5.74) is 2.48. The highest BCUT2D eigenvalue weighted by Crippen LogP contribution is 2.21. The maximum absolute atomic E-state index is 12.3. The highest BCUT2D eigenvalue weighted by atomic mass is 16.2. The van der Waals surface area contributed by atoms with E-state index in [1.807, 2.05) is 65.6 Å². The fourth-order valence-corrected chi connectivity index (χ4v) is 3.31. The van der Waals surface area contributed by atoms with E-state index in [4.69, 9.17) is 0 Å². The molecule has 4 rings (SSSR count). The van der Waals surface area contributed by atoms with Crippen LogP contribution >= 0.6 is 0 Å². The molecule has 0 radical (unpaired) electrons. The second-order valence-corrected chi connectivity index (χ2v) is 7.19. The number of nitrogens with one attached hydrogen (secondary N) is 1. The van der Waals surface area contributed by atoms with Crippen molar-refractivity contribution in [3.63, 3.8) is 0 Å². The SMILES string of the molecule is O=C(NCc1ccccc1)c1cn(C2CN(C(=O)CCc3ccccc3)C2)nn1. The summed E-state index contributed by atoms with van der Waals surface area (Å²) in [6, 6.07) is 19.8. The fraction of sp³-hybridized carbons (Fsp3) is 0.273. The zero-order valence-corrected chi connectivity index (χ0v) is 16.1. The van der Waals surface area contributed by atoms with Gasteiger partial charge in [-0.25, -0.2) is 4.68 Å². The lowest BCUT2D eigenvalue weighted by atomic mass is 10.1. The molecular formula is C22H23N5O2. The van der Waals surface area contributed by atoms with Crippen molar-refractivity contribution in [2.45, 2.75) is 25.4 Å². The first-order valence-electron chi connectivity index (χ1n) is 9.75. The Morgan fingerprint density at radius 3 is 2.31 bits per heavy atom. The molecule has 1 saturated heterocycles. The van der Waals surface area contributed by atoms with Gasteiger partial charge in [0.1, 0.15) is 0 Å². The van der Waals surface area contributed by atoms with E-state index in [1.54, 1.807) is 10.9 Å². The summed E-state index contributed by atoms with van der Waals surface area (Å²) in [6.45, 7) is 1.64. The van der Waals surface area contributed by atoms with E-state index in [0.717, 1.165) is 12.0 Å². The molecule has 0 aliphatic carbocycles. The van der Waals surface area contributed by atoms with Crippen molar-refractivity contribution < 1.29 is 9.59 Å². The molecule has 0 bridgehead atoms. The molecule has 0 atom stereocenters. The average Bonchev–Trinajstić information content (AvgIpc) is 3.21. The van der Waals surface area contributed by atoms with Gasteiger partial charge in [0.25, 0.3) is 5.91 Å². The normalized spacial score (nSPS) is 13.7. The minimum atomic E-state index is -0.254. The van der Waals surface area contributed by atoms with Crippen molar-refractivity contribution in [3.05, 3.63) is 83.7 Å². The number of nitrogens with zero attached hydrogens (tertiary/aromatic N) is 4. The van der Waals surface area contributed by atoms with Gasteiger partial charge in [0.05, 0.1) is 12.2 Å². The lowest BCUT2D eigenvalue weighted by molar-refractivity contribution is -0.137. The van der Waals surface area contributed by atoms with Crippen molar-refractivity contribution in [2.24, 2.45) is 0 Å². The van der Waals surface area contributed by atoms with Crippen LogP contribution in [0.15, 0.2) is 66.9 Å². The molecule has 29 heavy (non-hydrogen) atoms. The van der Waals surface area contributed by atoms with Crippen LogP contribution in [-0.2, 0) is 17.8 Å². The van der Waals surface area contributed by atoms with Gasteiger partial charge in [-0.1, -0.05) is 65.9 Å². The number of carbonyl (C=O) groups excluding carboxylic acids is 2. The molecule has 7 heteroatoms. The Bertz CT molecular complexity index is 965. The van der Waals surface area contributed by atoms with E-state index in [-0.39, 0.29) is 23.6 Å². The second kappa shape index (κ2) is 8.68. The number of rotatable bonds is 7. The van der Waals surface area contributed by atoms with Gasteiger partial charge in [-0.3, -0.25) is 9.59 Å². The Labute approximate surface area is 169 Å². The summed E-state index contributed by atoms with van der Waals surface area (Å²) in [5.74, 6) is -0.110. The van der Waals surface area contributed by atoms with Gasteiger partial charge in [0, 0.05) is 26.1 Å². The number of likely N-dealkylation sites (tertiary alicyclic amines) is 1. The van der Waals surface area contributed by atoms with Crippen LogP contribution in [0.2, 0.25) is 0 Å². The smallest absolute Gasteiger partial charge is 0.273 e. The first kappa shape index (κ1) is 18.9. The number of hydrogen-bond acceptors (Lipinski definition) is 4. The minimum absolute atomic E-state index is 0.0684. The summed E-state index contributed by atoms with van der Waals surface area (Å²) < 4.78 is 1.68. The first-order chi connectivity index (χ1) is 14.2. The van der Waals surface area contributed by atoms with Gasteiger partial charge >= 0.3 is 0 Å². The molecule has 0 saturated carbocycles. The van der Waals surface area contributed by atoms with E-state index >= 15 is 0 Å². The molecule has 2 amide bonds. The Morgan fingerprint density at radius 1 is 0.966 bits per heavy atom. The van der Waals surface area contributed by atoms with Crippen molar-refractivity contribution >= 4 is 11.8 Å². The van der Waals surface area contributed by atoms with Crippen LogP contribution in [0.25, 0.3) is 0 Å². The van der Waals surface area contributed by atoms with Crippen LogP contribution in [0.3, 0.4) is 0 Å². The van der Waals surface area contributed by atoms with E-state index in [2.05, 4.69) is 15.6 Å². The Kier molecular flexibility index (Phi) is 5.65. The molecular weight excluding hydrogens is 366 g/mol. The summed E-state index contributed by atoms with van der Waals surface area (Å²) in [6.07, 6.45) is 2.90. The van der Waals surface area contributed by atoms with E-state index < -0.39 is 0 Å². The highest BCUT2D eigenvalue weighted by molar-refractivity contribution is 5.91. The molecule has 1 aromatic heterocycles. The third-order valence-electron chi connectivity index (χ3n) is 5.10. The standard InChI is InChI=1S/C22H23N5O2/c28-21(12-11-17-7-3-1-4-8-17)26-14-19(15-26)27-16-20(24-25-27)22(29)23-13-18-9-5-2-6-10-18/h1-10,16,19H,11-15H2,(H,23,29). The lowest BCUT2D eigenvalue weighted by Crippen LogP contribution is -2.51. The zero-order valence-electron chi connectivity index (χ0n) is 16.1. The number of hydrogen-bond donors (Lipinski definition) is 1. The largest absolute Gasteiger partial charge is 0.347 e. The third kappa shape index (κ3) is 4.68. The maximum Gasteiger partial charge on any atom is 0.273 e.